The quantitative estimate of drug-likeness (QED) is 0.141. The second kappa shape index (κ2) is 16.1. The van der Waals surface area contributed by atoms with Crippen LogP contribution in [0.4, 0.5) is 17.1 Å². The molecule has 0 amide bonds. The zero-order valence-electron chi connectivity index (χ0n) is 34.1. The van der Waals surface area contributed by atoms with E-state index in [-0.39, 0.29) is 0 Å². The van der Waals surface area contributed by atoms with E-state index < -0.39 is 0 Å². The molecular weight excluding hydrogens is 749 g/mol. The molecule has 0 spiro atoms. The van der Waals surface area contributed by atoms with Gasteiger partial charge < -0.3 is 9.47 Å². The Kier molecular flexibility index (Phi) is 9.57. The number of rotatable bonds is 9. The predicted molar refractivity (Wildman–Crippen MR) is 263 cm³/mol. The van der Waals surface area contributed by atoms with Crippen LogP contribution in [0.15, 0.2) is 255 Å². The largest absolute Gasteiger partial charge is 0.310 e. The predicted octanol–water partition coefficient (Wildman–Crippen LogP) is 16.6. The smallest absolute Gasteiger partial charge is 0.0541 e. The molecule has 0 N–H and O–H groups in total. The fraction of sp³-hybridized carbons (Fsp3) is 0. The topological polar surface area (TPSA) is 8.17 Å². The molecule has 11 aromatic rings. The third kappa shape index (κ3) is 6.65. The molecule has 2 heteroatoms. The number of anilines is 3. The third-order valence-electron chi connectivity index (χ3n) is 12.0. The first-order chi connectivity index (χ1) is 30.8. The molecule has 0 saturated heterocycles. The van der Waals surface area contributed by atoms with E-state index in [1.165, 1.54) is 66.3 Å². The van der Waals surface area contributed by atoms with Crippen LogP contribution in [0, 0.1) is 0 Å². The van der Waals surface area contributed by atoms with Crippen molar-refractivity contribution in [2.75, 3.05) is 4.90 Å². The maximum Gasteiger partial charge on any atom is 0.0541 e. The van der Waals surface area contributed by atoms with E-state index in [4.69, 9.17) is 0 Å². The van der Waals surface area contributed by atoms with Gasteiger partial charge in [-0.3, -0.25) is 0 Å². The minimum Gasteiger partial charge on any atom is -0.310 e. The van der Waals surface area contributed by atoms with Crippen LogP contribution < -0.4 is 4.90 Å². The van der Waals surface area contributed by atoms with E-state index in [0.717, 1.165) is 33.9 Å². The summed E-state index contributed by atoms with van der Waals surface area (Å²) in [7, 11) is 0. The standard InChI is InChI=1S/C60H42N2/c1-4-19-43(20-5-1)44-35-37-47(38-36-44)61(48-39-41-49(42-40-48)62-58-33-16-12-26-52(58)53-27-13-17-34-59(53)62)57-32-15-14-28-54(57)56-31-18-30-51(46-23-8-3-9-24-46)60(56)55-29-11-10-25-50(55)45-21-6-2-7-22-45/h1-42H. The van der Waals surface area contributed by atoms with Crippen LogP contribution in [0.25, 0.3) is 83.1 Å². The summed E-state index contributed by atoms with van der Waals surface area (Å²) in [6.45, 7) is 0. The number of hydrogen-bond donors (Lipinski definition) is 0. The number of para-hydroxylation sites is 3. The molecule has 292 valence electrons. The Bertz CT molecular complexity index is 3260. The summed E-state index contributed by atoms with van der Waals surface area (Å²) in [5, 5.41) is 2.51. The van der Waals surface area contributed by atoms with Gasteiger partial charge in [0.1, 0.15) is 0 Å². The van der Waals surface area contributed by atoms with Gasteiger partial charge in [-0.25, -0.2) is 0 Å². The molecule has 11 rings (SSSR count). The zero-order valence-corrected chi connectivity index (χ0v) is 34.1. The van der Waals surface area contributed by atoms with Crippen LogP contribution in [0.2, 0.25) is 0 Å². The third-order valence-corrected chi connectivity index (χ3v) is 12.0. The Morgan fingerprint density at radius 2 is 0.677 bits per heavy atom. The second-order valence-corrected chi connectivity index (χ2v) is 15.7. The van der Waals surface area contributed by atoms with Crippen LogP contribution >= 0.6 is 0 Å². The van der Waals surface area contributed by atoms with Crippen molar-refractivity contribution >= 4 is 38.9 Å². The van der Waals surface area contributed by atoms with Crippen LogP contribution in [0.1, 0.15) is 0 Å². The normalized spacial score (nSPS) is 11.2. The Balaban J connectivity index is 1.12. The fourth-order valence-corrected chi connectivity index (χ4v) is 9.20. The number of fused-ring (bicyclic) bond motifs is 3. The lowest BCUT2D eigenvalue weighted by atomic mass is 9.84. The Labute approximate surface area is 362 Å². The highest BCUT2D eigenvalue weighted by molar-refractivity contribution is 6.09. The van der Waals surface area contributed by atoms with Gasteiger partial charge in [-0.2, -0.15) is 0 Å². The molecular formula is C60H42N2. The molecule has 1 aromatic heterocycles. The van der Waals surface area contributed by atoms with Gasteiger partial charge >= 0.3 is 0 Å². The van der Waals surface area contributed by atoms with Gasteiger partial charge in [0.05, 0.1) is 16.7 Å². The molecule has 0 aliphatic carbocycles. The molecule has 0 saturated carbocycles. The van der Waals surface area contributed by atoms with Crippen LogP contribution in [-0.4, -0.2) is 4.57 Å². The molecule has 0 fully saturated rings. The van der Waals surface area contributed by atoms with Gasteiger partial charge in [0.2, 0.25) is 0 Å². The van der Waals surface area contributed by atoms with Crippen molar-refractivity contribution in [2.24, 2.45) is 0 Å². The SMILES string of the molecule is c1ccc(-c2ccc(N(c3ccc(-n4c5ccccc5c5ccccc54)cc3)c3ccccc3-c3cccc(-c4ccccc4)c3-c3ccccc3-c3ccccc3)cc2)cc1. The van der Waals surface area contributed by atoms with Crippen molar-refractivity contribution in [3.8, 4) is 61.3 Å². The molecule has 0 aliphatic rings. The van der Waals surface area contributed by atoms with E-state index in [1.807, 2.05) is 0 Å². The summed E-state index contributed by atoms with van der Waals surface area (Å²) in [5.74, 6) is 0. The molecule has 0 atom stereocenters. The summed E-state index contributed by atoms with van der Waals surface area (Å²) in [4.78, 5) is 2.42. The highest BCUT2D eigenvalue weighted by Crippen LogP contribution is 2.48. The van der Waals surface area contributed by atoms with E-state index in [1.54, 1.807) is 0 Å². The van der Waals surface area contributed by atoms with E-state index in [0.29, 0.717) is 0 Å². The second-order valence-electron chi connectivity index (χ2n) is 15.7. The minimum atomic E-state index is 1.07. The van der Waals surface area contributed by atoms with Crippen molar-refractivity contribution in [1.82, 2.24) is 4.57 Å². The lowest BCUT2D eigenvalue weighted by Crippen LogP contribution is -2.11. The Morgan fingerprint density at radius 1 is 0.258 bits per heavy atom. The molecule has 0 radical (unpaired) electrons. The van der Waals surface area contributed by atoms with Crippen molar-refractivity contribution in [3.05, 3.63) is 255 Å². The molecule has 1 heterocycles. The molecule has 0 unspecified atom stereocenters. The van der Waals surface area contributed by atoms with Crippen LogP contribution in [0.5, 0.6) is 0 Å². The zero-order chi connectivity index (χ0) is 41.2. The van der Waals surface area contributed by atoms with Crippen molar-refractivity contribution < 1.29 is 0 Å². The summed E-state index contributed by atoms with van der Waals surface area (Å²) in [6.07, 6.45) is 0. The minimum absolute atomic E-state index is 1.07. The first-order valence-electron chi connectivity index (χ1n) is 21.3. The van der Waals surface area contributed by atoms with Crippen LogP contribution in [0.3, 0.4) is 0 Å². The number of aromatic nitrogens is 1. The van der Waals surface area contributed by atoms with E-state index in [2.05, 4.69) is 264 Å². The number of nitrogens with zero attached hydrogens (tertiary/aromatic N) is 2. The lowest BCUT2D eigenvalue weighted by molar-refractivity contribution is 1.17. The summed E-state index contributed by atoms with van der Waals surface area (Å²) in [5.41, 5.74) is 18.6. The van der Waals surface area contributed by atoms with E-state index in [9.17, 15) is 0 Å². The fourth-order valence-electron chi connectivity index (χ4n) is 9.20. The summed E-state index contributed by atoms with van der Waals surface area (Å²) >= 11 is 0. The van der Waals surface area contributed by atoms with Crippen molar-refractivity contribution in [1.29, 1.82) is 0 Å². The highest BCUT2D eigenvalue weighted by atomic mass is 15.1. The average molecular weight is 791 g/mol. The Morgan fingerprint density at radius 3 is 1.29 bits per heavy atom. The first-order valence-corrected chi connectivity index (χ1v) is 21.3. The maximum atomic E-state index is 2.42. The van der Waals surface area contributed by atoms with Gasteiger partial charge in [0.15, 0.2) is 0 Å². The molecule has 10 aromatic carbocycles. The Hall–Kier alpha value is -8.20. The molecule has 0 aliphatic heterocycles. The maximum absolute atomic E-state index is 2.42. The van der Waals surface area contributed by atoms with Gasteiger partial charge in [-0.05, 0) is 105 Å². The van der Waals surface area contributed by atoms with Gasteiger partial charge in [-0.15, -0.1) is 0 Å². The number of hydrogen-bond acceptors (Lipinski definition) is 1. The van der Waals surface area contributed by atoms with Gasteiger partial charge in [0, 0.05) is 33.4 Å². The molecule has 62 heavy (non-hydrogen) atoms. The molecule has 0 bridgehead atoms. The molecule has 2 nitrogen and oxygen atoms in total. The lowest BCUT2D eigenvalue weighted by Gasteiger charge is -2.29. The summed E-state index contributed by atoms with van der Waals surface area (Å²) in [6, 6.07) is 92.1. The van der Waals surface area contributed by atoms with E-state index >= 15 is 0 Å². The average Bonchev–Trinajstić information content (AvgIpc) is 3.70. The summed E-state index contributed by atoms with van der Waals surface area (Å²) < 4.78 is 2.38. The van der Waals surface area contributed by atoms with Gasteiger partial charge in [0.25, 0.3) is 0 Å². The van der Waals surface area contributed by atoms with Crippen molar-refractivity contribution in [3.63, 3.8) is 0 Å². The van der Waals surface area contributed by atoms with Crippen molar-refractivity contribution in [2.45, 2.75) is 0 Å². The number of benzene rings is 10. The highest BCUT2D eigenvalue weighted by Gasteiger charge is 2.23. The first kappa shape index (κ1) is 36.8. The van der Waals surface area contributed by atoms with Gasteiger partial charge in [-0.1, -0.05) is 200 Å². The monoisotopic (exact) mass is 790 g/mol. The van der Waals surface area contributed by atoms with Crippen LogP contribution in [-0.2, 0) is 0 Å².